The first-order valence-electron chi connectivity index (χ1n) is 7.65. The zero-order valence-electron chi connectivity index (χ0n) is 14.0. The lowest BCUT2D eigenvalue weighted by atomic mass is 9.92. The first-order chi connectivity index (χ1) is 10.0. The Kier molecular flexibility index (Phi) is 4.74. The Hall–Kier alpha value is -0.880. The van der Waals surface area contributed by atoms with Crippen molar-refractivity contribution in [2.45, 2.75) is 46.0 Å². The highest BCUT2D eigenvalue weighted by Crippen LogP contribution is 2.36. The zero-order chi connectivity index (χ0) is 16.7. The van der Waals surface area contributed by atoms with Crippen LogP contribution in [0.3, 0.4) is 0 Å². The molecule has 0 radical (unpaired) electrons. The van der Waals surface area contributed by atoms with Crippen molar-refractivity contribution in [3.05, 3.63) is 21.4 Å². The third-order valence-corrected chi connectivity index (χ3v) is 7.12. The molecule has 1 aromatic heterocycles. The normalized spacial score (nSPS) is 18.7. The molecule has 0 saturated carbocycles. The molecule has 124 valence electrons. The molecule has 0 N–H and O–H groups in total. The molecule has 2 rings (SSSR count). The summed E-state index contributed by atoms with van der Waals surface area (Å²) in [7, 11) is -2.97. The van der Waals surface area contributed by atoms with Gasteiger partial charge in [-0.25, -0.2) is 8.42 Å². The molecule has 22 heavy (non-hydrogen) atoms. The van der Waals surface area contributed by atoms with Crippen LogP contribution in [-0.2, 0) is 15.3 Å². The third-order valence-electron chi connectivity index (χ3n) is 3.95. The molecule has 0 unspecified atom stereocenters. The van der Waals surface area contributed by atoms with E-state index in [1.165, 1.54) is 4.88 Å². The number of rotatable bonds is 2. The van der Waals surface area contributed by atoms with E-state index in [0.29, 0.717) is 13.1 Å². The van der Waals surface area contributed by atoms with Gasteiger partial charge < -0.3 is 4.90 Å². The molecule has 6 heteroatoms. The summed E-state index contributed by atoms with van der Waals surface area (Å²) in [6.45, 7) is 11.2. The molecule has 1 fully saturated rings. The highest BCUT2D eigenvalue weighted by atomic mass is 32.2. The van der Waals surface area contributed by atoms with Gasteiger partial charge in [0.25, 0.3) is 5.91 Å². The number of sulfone groups is 1. The Morgan fingerprint density at radius 1 is 1.23 bits per heavy atom. The van der Waals surface area contributed by atoms with Gasteiger partial charge in [-0.3, -0.25) is 4.79 Å². The van der Waals surface area contributed by atoms with E-state index >= 15 is 0 Å². The van der Waals surface area contributed by atoms with Crippen molar-refractivity contribution >= 4 is 27.1 Å². The number of thiophene rings is 1. The average molecular weight is 344 g/mol. The maximum absolute atomic E-state index is 12.8. The minimum atomic E-state index is -2.97. The number of carbonyl (C=O) groups excluding carboxylic acids is 1. The van der Waals surface area contributed by atoms with Crippen LogP contribution in [0.5, 0.6) is 0 Å². The van der Waals surface area contributed by atoms with Gasteiger partial charge in [-0.2, -0.15) is 0 Å². The molecule has 0 atom stereocenters. The van der Waals surface area contributed by atoms with E-state index in [4.69, 9.17) is 0 Å². The van der Waals surface area contributed by atoms with Crippen molar-refractivity contribution in [3.8, 4) is 0 Å². The number of nitrogens with zero attached hydrogens (tertiary/aromatic N) is 1. The second kappa shape index (κ2) is 5.96. The van der Waals surface area contributed by atoms with Gasteiger partial charge in [-0.15, -0.1) is 11.3 Å². The molecular formula is C16H25NO3S2. The van der Waals surface area contributed by atoms with Crippen LogP contribution in [0.15, 0.2) is 6.07 Å². The molecule has 4 nitrogen and oxygen atoms in total. The standard InChI is InChI=1S/C16H25NO3S2/c1-11(2)12-10-13(16(3,4)5)21-14(12)15(18)17-6-8-22(19,20)9-7-17/h10-11H,6-9H2,1-5H3. The number of hydrogen-bond donors (Lipinski definition) is 0. The summed E-state index contributed by atoms with van der Waals surface area (Å²) < 4.78 is 23.1. The maximum Gasteiger partial charge on any atom is 0.264 e. The fraction of sp³-hybridized carbons (Fsp3) is 0.688. The highest BCUT2D eigenvalue weighted by molar-refractivity contribution is 7.91. The van der Waals surface area contributed by atoms with Gasteiger partial charge in [-0.05, 0) is 23.0 Å². The lowest BCUT2D eigenvalue weighted by Gasteiger charge is -2.27. The van der Waals surface area contributed by atoms with Crippen molar-refractivity contribution in [3.63, 3.8) is 0 Å². The summed E-state index contributed by atoms with van der Waals surface area (Å²) in [5, 5.41) is 0. The van der Waals surface area contributed by atoms with E-state index in [0.717, 1.165) is 10.4 Å². The summed E-state index contributed by atoms with van der Waals surface area (Å²) in [5.41, 5.74) is 1.09. The van der Waals surface area contributed by atoms with Crippen molar-refractivity contribution in [1.82, 2.24) is 4.90 Å². The van der Waals surface area contributed by atoms with E-state index in [1.54, 1.807) is 16.2 Å². The van der Waals surface area contributed by atoms with Gasteiger partial charge in [0.15, 0.2) is 9.84 Å². The minimum absolute atomic E-state index is 0.0120. The van der Waals surface area contributed by atoms with Crippen LogP contribution in [-0.4, -0.2) is 43.8 Å². The monoisotopic (exact) mass is 343 g/mol. The smallest absolute Gasteiger partial charge is 0.264 e. The fourth-order valence-corrected chi connectivity index (χ4v) is 4.97. The molecule has 0 bridgehead atoms. The summed E-state index contributed by atoms with van der Waals surface area (Å²) in [6, 6.07) is 2.14. The van der Waals surface area contributed by atoms with Crippen LogP contribution in [0.2, 0.25) is 0 Å². The quantitative estimate of drug-likeness (QED) is 0.829. The molecule has 2 heterocycles. The van der Waals surface area contributed by atoms with Crippen molar-refractivity contribution in [2.75, 3.05) is 24.6 Å². The summed E-state index contributed by atoms with van der Waals surface area (Å²) >= 11 is 1.56. The molecule has 0 spiro atoms. The molecule has 1 aliphatic heterocycles. The zero-order valence-corrected chi connectivity index (χ0v) is 15.6. The van der Waals surface area contributed by atoms with Gasteiger partial charge in [0.1, 0.15) is 0 Å². The first kappa shape index (κ1) is 17.5. The Bertz CT molecular complexity index is 652. The van der Waals surface area contributed by atoms with Crippen molar-refractivity contribution in [1.29, 1.82) is 0 Å². The van der Waals surface area contributed by atoms with Crippen LogP contribution < -0.4 is 0 Å². The molecule has 0 aromatic carbocycles. The second-order valence-corrected chi connectivity index (χ2v) is 10.6. The van der Waals surface area contributed by atoms with Crippen LogP contribution in [0.25, 0.3) is 0 Å². The molecule has 1 saturated heterocycles. The Morgan fingerprint density at radius 3 is 2.23 bits per heavy atom. The topological polar surface area (TPSA) is 54.5 Å². The van der Waals surface area contributed by atoms with Gasteiger partial charge in [0.2, 0.25) is 0 Å². The molecular weight excluding hydrogens is 318 g/mol. The number of amides is 1. The molecule has 1 aromatic rings. The molecule has 0 aliphatic carbocycles. The van der Waals surface area contributed by atoms with Gasteiger partial charge in [0.05, 0.1) is 16.4 Å². The largest absolute Gasteiger partial charge is 0.336 e. The van der Waals surface area contributed by atoms with Crippen LogP contribution >= 0.6 is 11.3 Å². The summed E-state index contributed by atoms with van der Waals surface area (Å²) in [4.78, 5) is 16.5. The Labute approximate surface area is 137 Å². The van der Waals surface area contributed by atoms with Crippen molar-refractivity contribution in [2.24, 2.45) is 0 Å². The summed E-state index contributed by atoms with van der Waals surface area (Å²) in [5.74, 6) is 0.416. The Balaban J connectivity index is 2.31. The fourth-order valence-electron chi connectivity index (χ4n) is 2.43. The Morgan fingerprint density at radius 2 is 1.77 bits per heavy atom. The highest BCUT2D eigenvalue weighted by Gasteiger charge is 2.30. The molecule has 1 aliphatic rings. The summed E-state index contributed by atoms with van der Waals surface area (Å²) in [6.07, 6.45) is 0. The first-order valence-corrected chi connectivity index (χ1v) is 10.3. The van der Waals surface area contributed by atoms with Gasteiger partial charge in [-0.1, -0.05) is 34.6 Å². The second-order valence-electron chi connectivity index (χ2n) is 7.24. The molecule has 1 amide bonds. The van der Waals surface area contributed by atoms with Crippen molar-refractivity contribution < 1.29 is 13.2 Å². The predicted molar refractivity (Wildman–Crippen MR) is 91.7 cm³/mol. The number of hydrogen-bond acceptors (Lipinski definition) is 4. The van der Waals surface area contributed by atoms with E-state index < -0.39 is 9.84 Å². The van der Waals surface area contributed by atoms with E-state index in [1.807, 2.05) is 0 Å². The van der Waals surface area contributed by atoms with E-state index in [9.17, 15) is 13.2 Å². The minimum Gasteiger partial charge on any atom is -0.336 e. The lowest BCUT2D eigenvalue weighted by Crippen LogP contribution is -2.43. The predicted octanol–water partition coefficient (Wildman–Crippen LogP) is 3.04. The van der Waals surface area contributed by atoms with Crippen LogP contribution in [0.4, 0.5) is 0 Å². The van der Waals surface area contributed by atoms with Crippen LogP contribution in [0, 0.1) is 0 Å². The SMILES string of the molecule is CC(C)c1cc(C(C)(C)C)sc1C(=O)N1CCS(=O)(=O)CC1. The number of carbonyl (C=O) groups is 1. The third kappa shape index (κ3) is 3.71. The lowest BCUT2D eigenvalue weighted by molar-refractivity contribution is 0.0773. The maximum atomic E-state index is 12.8. The van der Waals surface area contributed by atoms with Gasteiger partial charge in [0, 0.05) is 18.0 Å². The van der Waals surface area contributed by atoms with E-state index in [2.05, 4.69) is 40.7 Å². The average Bonchev–Trinajstić information content (AvgIpc) is 2.82. The van der Waals surface area contributed by atoms with E-state index in [-0.39, 0.29) is 28.7 Å². The van der Waals surface area contributed by atoms with Crippen LogP contribution in [0.1, 0.15) is 60.6 Å². The van der Waals surface area contributed by atoms with Gasteiger partial charge >= 0.3 is 0 Å².